The highest BCUT2D eigenvalue weighted by atomic mass is 32.1. The molecular formula is C24H32N2O3S. The number of hydrogen-bond donors (Lipinski definition) is 0. The molecule has 0 spiro atoms. The Morgan fingerprint density at radius 3 is 2.67 bits per heavy atom. The summed E-state index contributed by atoms with van der Waals surface area (Å²) in [6.45, 7) is 5.06. The minimum atomic E-state index is 0.233. The number of piperidine rings is 1. The van der Waals surface area contributed by atoms with Crippen molar-refractivity contribution in [1.82, 2.24) is 9.80 Å². The van der Waals surface area contributed by atoms with Crippen LogP contribution in [0.5, 0.6) is 11.5 Å². The Morgan fingerprint density at radius 2 is 1.93 bits per heavy atom. The van der Waals surface area contributed by atoms with Crippen LogP contribution in [0.3, 0.4) is 0 Å². The number of fused-ring (bicyclic) bond motifs is 1. The van der Waals surface area contributed by atoms with E-state index in [1.807, 2.05) is 23.5 Å². The van der Waals surface area contributed by atoms with Gasteiger partial charge in [0.15, 0.2) is 11.5 Å². The van der Waals surface area contributed by atoms with Crippen LogP contribution in [-0.4, -0.2) is 62.7 Å². The van der Waals surface area contributed by atoms with Crippen molar-refractivity contribution in [3.63, 3.8) is 0 Å². The number of amides is 1. The van der Waals surface area contributed by atoms with Crippen molar-refractivity contribution in [3.8, 4) is 11.5 Å². The maximum absolute atomic E-state index is 13.0. The number of rotatable bonds is 7. The second-order valence-electron chi connectivity index (χ2n) is 8.38. The molecule has 0 bridgehead atoms. The highest BCUT2D eigenvalue weighted by Crippen LogP contribution is 2.32. The predicted molar refractivity (Wildman–Crippen MR) is 121 cm³/mol. The molecule has 0 N–H and O–H groups in total. The number of methoxy groups -OCH3 is 2. The fourth-order valence-electron chi connectivity index (χ4n) is 4.75. The lowest BCUT2D eigenvalue weighted by Crippen LogP contribution is -2.43. The molecule has 1 atom stereocenters. The molecule has 1 fully saturated rings. The first-order valence-corrected chi connectivity index (χ1v) is 11.8. The number of thiophene rings is 1. The molecule has 0 aliphatic carbocycles. The van der Waals surface area contributed by atoms with Gasteiger partial charge in [-0.05, 0) is 72.9 Å². The molecule has 3 heterocycles. The molecule has 1 unspecified atom stereocenters. The highest BCUT2D eigenvalue weighted by Gasteiger charge is 2.27. The second-order valence-corrected chi connectivity index (χ2v) is 9.41. The molecule has 4 rings (SSSR count). The Hall–Kier alpha value is -2.05. The van der Waals surface area contributed by atoms with Crippen LogP contribution in [0.4, 0.5) is 0 Å². The van der Waals surface area contributed by atoms with Gasteiger partial charge in [-0.3, -0.25) is 4.79 Å². The Labute approximate surface area is 183 Å². The Bertz CT molecular complexity index is 852. The van der Waals surface area contributed by atoms with E-state index in [-0.39, 0.29) is 5.91 Å². The Morgan fingerprint density at radius 1 is 1.13 bits per heavy atom. The molecule has 1 saturated heterocycles. The Kier molecular flexibility index (Phi) is 6.95. The van der Waals surface area contributed by atoms with Gasteiger partial charge in [-0.25, -0.2) is 0 Å². The summed E-state index contributed by atoms with van der Waals surface area (Å²) in [6, 6.07) is 8.37. The van der Waals surface area contributed by atoms with Crippen LogP contribution >= 0.6 is 11.3 Å². The fourth-order valence-corrected chi connectivity index (χ4v) is 5.44. The standard InChI is InChI=1S/C24H32N2O3S/c1-28-22-13-19-7-11-26(24(27)15-20(19)14-23(22)29-2)17-18-5-3-9-25(16-18)10-8-21-6-4-12-30-21/h4,6,12-14,18H,3,5,7-11,15-17H2,1-2H3. The van der Waals surface area contributed by atoms with E-state index in [9.17, 15) is 4.79 Å². The summed E-state index contributed by atoms with van der Waals surface area (Å²) in [4.78, 5) is 19.1. The van der Waals surface area contributed by atoms with Crippen molar-refractivity contribution in [3.05, 3.63) is 45.6 Å². The molecule has 2 aliphatic heterocycles. The van der Waals surface area contributed by atoms with Crippen LogP contribution in [0.15, 0.2) is 29.6 Å². The molecule has 2 aliphatic rings. The molecule has 1 aromatic heterocycles. The number of nitrogens with zero attached hydrogens (tertiary/aromatic N) is 2. The van der Waals surface area contributed by atoms with Gasteiger partial charge in [0.25, 0.3) is 0 Å². The smallest absolute Gasteiger partial charge is 0.227 e. The van der Waals surface area contributed by atoms with Crippen molar-refractivity contribution < 1.29 is 14.3 Å². The third kappa shape index (κ3) is 4.98. The molecule has 2 aromatic rings. The summed E-state index contributed by atoms with van der Waals surface area (Å²) in [5.41, 5.74) is 2.27. The topological polar surface area (TPSA) is 42.0 Å². The van der Waals surface area contributed by atoms with E-state index in [2.05, 4.69) is 27.3 Å². The third-order valence-corrected chi connectivity index (χ3v) is 7.32. The molecular weight excluding hydrogens is 396 g/mol. The maximum Gasteiger partial charge on any atom is 0.227 e. The second kappa shape index (κ2) is 9.84. The fraction of sp³-hybridized carbons (Fsp3) is 0.542. The lowest BCUT2D eigenvalue weighted by atomic mass is 9.97. The van der Waals surface area contributed by atoms with Crippen LogP contribution in [0, 0.1) is 5.92 Å². The average Bonchev–Trinajstić information content (AvgIpc) is 3.24. The number of carbonyl (C=O) groups excluding carboxylic acids is 1. The summed E-state index contributed by atoms with van der Waals surface area (Å²) in [6.07, 6.45) is 4.90. The molecule has 5 nitrogen and oxygen atoms in total. The van der Waals surface area contributed by atoms with Crippen molar-refractivity contribution in [2.24, 2.45) is 5.92 Å². The summed E-state index contributed by atoms with van der Waals surface area (Å²) in [5.74, 6) is 2.24. The lowest BCUT2D eigenvalue weighted by molar-refractivity contribution is -0.131. The van der Waals surface area contributed by atoms with E-state index in [1.54, 1.807) is 14.2 Å². The first kappa shape index (κ1) is 21.2. The van der Waals surface area contributed by atoms with E-state index in [0.717, 1.165) is 50.3 Å². The summed E-state index contributed by atoms with van der Waals surface area (Å²) in [7, 11) is 3.30. The van der Waals surface area contributed by atoms with Crippen molar-refractivity contribution >= 4 is 17.2 Å². The maximum atomic E-state index is 13.0. The Balaban J connectivity index is 1.36. The number of carbonyl (C=O) groups is 1. The molecule has 1 aromatic carbocycles. The highest BCUT2D eigenvalue weighted by molar-refractivity contribution is 7.09. The summed E-state index contributed by atoms with van der Waals surface area (Å²) < 4.78 is 10.9. The minimum Gasteiger partial charge on any atom is -0.493 e. The van der Waals surface area contributed by atoms with Gasteiger partial charge in [0.1, 0.15) is 0 Å². The largest absolute Gasteiger partial charge is 0.493 e. The number of ether oxygens (including phenoxy) is 2. The zero-order valence-electron chi connectivity index (χ0n) is 18.1. The van der Waals surface area contributed by atoms with Crippen LogP contribution in [0.1, 0.15) is 28.8 Å². The number of hydrogen-bond acceptors (Lipinski definition) is 5. The van der Waals surface area contributed by atoms with E-state index in [1.165, 1.54) is 29.8 Å². The first-order valence-electron chi connectivity index (χ1n) is 10.9. The van der Waals surface area contributed by atoms with Crippen LogP contribution in [0.2, 0.25) is 0 Å². The van der Waals surface area contributed by atoms with Crippen LogP contribution in [-0.2, 0) is 24.1 Å². The molecule has 30 heavy (non-hydrogen) atoms. The van der Waals surface area contributed by atoms with Crippen molar-refractivity contribution in [1.29, 1.82) is 0 Å². The monoisotopic (exact) mass is 428 g/mol. The van der Waals surface area contributed by atoms with Gasteiger partial charge < -0.3 is 19.3 Å². The SMILES string of the molecule is COc1cc2c(cc1OC)CC(=O)N(CC1CCCN(CCc3cccs3)C1)CC2. The van der Waals surface area contributed by atoms with Gasteiger partial charge in [0.05, 0.1) is 20.6 Å². The van der Waals surface area contributed by atoms with E-state index >= 15 is 0 Å². The molecule has 6 heteroatoms. The van der Waals surface area contributed by atoms with Gasteiger partial charge in [-0.15, -0.1) is 11.3 Å². The lowest BCUT2D eigenvalue weighted by Gasteiger charge is -2.35. The molecule has 0 radical (unpaired) electrons. The van der Waals surface area contributed by atoms with Crippen molar-refractivity contribution in [2.45, 2.75) is 32.1 Å². The van der Waals surface area contributed by atoms with Gasteiger partial charge in [0.2, 0.25) is 5.91 Å². The number of benzene rings is 1. The zero-order chi connectivity index (χ0) is 20.9. The summed E-state index contributed by atoms with van der Waals surface area (Å²) >= 11 is 1.85. The number of likely N-dealkylation sites (tertiary alicyclic amines) is 1. The molecule has 0 saturated carbocycles. The van der Waals surface area contributed by atoms with Crippen molar-refractivity contribution in [2.75, 3.05) is 46.9 Å². The minimum absolute atomic E-state index is 0.233. The van der Waals surface area contributed by atoms with E-state index in [0.29, 0.717) is 18.1 Å². The predicted octanol–water partition coefficient (Wildman–Crippen LogP) is 3.65. The average molecular weight is 429 g/mol. The molecule has 162 valence electrons. The van der Waals surface area contributed by atoms with Gasteiger partial charge >= 0.3 is 0 Å². The molecule has 1 amide bonds. The van der Waals surface area contributed by atoms with Gasteiger partial charge in [-0.2, -0.15) is 0 Å². The van der Waals surface area contributed by atoms with E-state index < -0.39 is 0 Å². The third-order valence-electron chi connectivity index (χ3n) is 6.39. The van der Waals surface area contributed by atoms with Gasteiger partial charge in [-0.1, -0.05) is 6.07 Å². The summed E-state index contributed by atoms with van der Waals surface area (Å²) in [5, 5.41) is 2.16. The first-order chi connectivity index (χ1) is 14.7. The van der Waals surface area contributed by atoms with Crippen LogP contribution in [0.25, 0.3) is 0 Å². The normalized spacial score (nSPS) is 20.0. The van der Waals surface area contributed by atoms with Crippen LogP contribution < -0.4 is 9.47 Å². The zero-order valence-corrected chi connectivity index (χ0v) is 18.9. The van der Waals surface area contributed by atoms with E-state index in [4.69, 9.17) is 9.47 Å². The van der Waals surface area contributed by atoms with Gasteiger partial charge in [0, 0.05) is 31.1 Å². The quantitative estimate of drug-likeness (QED) is 0.675.